The van der Waals surface area contributed by atoms with E-state index in [0.717, 1.165) is 16.8 Å². The molecule has 0 aliphatic carbocycles. The molecule has 0 saturated heterocycles. The Bertz CT molecular complexity index is 1560. The van der Waals surface area contributed by atoms with Crippen molar-refractivity contribution in [3.05, 3.63) is 117 Å². The van der Waals surface area contributed by atoms with Gasteiger partial charge in [-0.2, -0.15) is 0 Å². The molecule has 1 atom stereocenters. The Morgan fingerprint density at radius 3 is 2.57 bits per heavy atom. The van der Waals surface area contributed by atoms with Crippen LogP contribution in [0.2, 0.25) is 5.02 Å². The first kappa shape index (κ1) is 22.5. The zero-order valence-corrected chi connectivity index (χ0v) is 19.5. The summed E-state index contributed by atoms with van der Waals surface area (Å²) in [5, 5.41) is 11.3. The lowest BCUT2D eigenvalue weighted by atomic mass is 9.97. The van der Waals surface area contributed by atoms with E-state index in [0.29, 0.717) is 27.3 Å². The number of carbonyl (C=O) groups excluding carboxylic acids is 1. The average molecular weight is 485 g/mol. The van der Waals surface area contributed by atoms with E-state index in [1.54, 1.807) is 35.4 Å². The third-order valence-corrected chi connectivity index (χ3v) is 6.10. The summed E-state index contributed by atoms with van der Waals surface area (Å²) in [6.45, 7) is 2.14. The van der Waals surface area contributed by atoms with E-state index in [9.17, 15) is 9.59 Å². The van der Waals surface area contributed by atoms with E-state index < -0.39 is 0 Å². The minimum atomic E-state index is -0.367. The smallest absolute Gasteiger partial charge is 0.258 e. The number of benzene rings is 3. The van der Waals surface area contributed by atoms with Crippen LogP contribution in [0.1, 0.15) is 33.2 Å². The summed E-state index contributed by atoms with van der Waals surface area (Å²) in [5.74, 6) is -0.217. The monoisotopic (exact) mass is 484 g/mol. The molecule has 0 saturated carbocycles. The molecule has 174 valence electrons. The molecule has 5 aromatic rings. The van der Waals surface area contributed by atoms with Gasteiger partial charge in [-0.15, -0.1) is 10.2 Å². The van der Waals surface area contributed by atoms with Crippen LogP contribution < -0.4 is 10.9 Å². The second-order valence-electron chi connectivity index (χ2n) is 8.18. The SMILES string of the molecule is Cc1ccc2nc([C@@H](CNC(=O)c3ccc(-n4cnnc4)cc3Cl)c3ccccc3)[nH]c(=O)c2c1. The molecule has 3 aromatic carbocycles. The second kappa shape index (κ2) is 9.52. The van der Waals surface area contributed by atoms with Gasteiger partial charge < -0.3 is 10.3 Å². The number of hydrogen-bond acceptors (Lipinski definition) is 5. The molecule has 2 aromatic heterocycles. The van der Waals surface area contributed by atoms with Crippen LogP contribution in [0.25, 0.3) is 16.6 Å². The van der Waals surface area contributed by atoms with Gasteiger partial charge in [-0.3, -0.25) is 14.2 Å². The van der Waals surface area contributed by atoms with Gasteiger partial charge in [0.05, 0.1) is 27.4 Å². The maximum atomic E-state index is 13.0. The number of H-pyrrole nitrogens is 1. The quantitative estimate of drug-likeness (QED) is 0.378. The highest BCUT2D eigenvalue weighted by Crippen LogP contribution is 2.24. The summed E-state index contributed by atoms with van der Waals surface area (Å²) >= 11 is 6.41. The van der Waals surface area contributed by atoms with Gasteiger partial charge in [0.15, 0.2) is 0 Å². The number of amides is 1. The molecular formula is C26H21ClN6O2. The van der Waals surface area contributed by atoms with Gasteiger partial charge in [0.25, 0.3) is 11.5 Å². The van der Waals surface area contributed by atoms with Crippen molar-refractivity contribution in [3.8, 4) is 5.69 Å². The number of aromatic nitrogens is 5. The number of halogens is 1. The van der Waals surface area contributed by atoms with Crippen LogP contribution in [0.3, 0.4) is 0 Å². The van der Waals surface area contributed by atoms with E-state index in [1.807, 2.05) is 55.5 Å². The number of nitrogens with zero attached hydrogens (tertiary/aromatic N) is 4. The molecule has 0 unspecified atom stereocenters. The molecule has 9 heteroatoms. The molecule has 8 nitrogen and oxygen atoms in total. The maximum Gasteiger partial charge on any atom is 0.258 e. The summed E-state index contributed by atoms with van der Waals surface area (Å²) in [6, 6.07) is 20.3. The van der Waals surface area contributed by atoms with Crippen LogP contribution in [0.15, 0.2) is 84.2 Å². The number of aryl methyl sites for hydroxylation is 1. The molecule has 35 heavy (non-hydrogen) atoms. The fourth-order valence-electron chi connectivity index (χ4n) is 3.97. The van der Waals surface area contributed by atoms with E-state index in [-0.39, 0.29) is 23.9 Å². The summed E-state index contributed by atoms with van der Waals surface area (Å²) < 4.78 is 1.70. The molecule has 5 rings (SSSR count). The van der Waals surface area contributed by atoms with Crippen molar-refractivity contribution in [2.24, 2.45) is 0 Å². The van der Waals surface area contributed by atoms with Crippen molar-refractivity contribution in [2.45, 2.75) is 12.8 Å². The van der Waals surface area contributed by atoms with Crippen molar-refractivity contribution in [2.75, 3.05) is 6.54 Å². The highest BCUT2D eigenvalue weighted by molar-refractivity contribution is 6.34. The standard InChI is InChI=1S/C26H21ClN6O2/c1-16-7-10-23-20(11-16)26(35)32-24(31-23)21(17-5-3-2-4-6-17)13-28-25(34)19-9-8-18(12-22(19)27)33-14-29-30-15-33/h2-12,14-15,21H,13H2,1H3,(H,28,34)(H,31,32,35)/t21-/m0/s1. The van der Waals surface area contributed by atoms with Gasteiger partial charge >= 0.3 is 0 Å². The lowest BCUT2D eigenvalue weighted by Gasteiger charge is -2.18. The number of nitrogens with one attached hydrogen (secondary N) is 2. The molecule has 0 aliphatic rings. The molecule has 0 bridgehead atoms. The van der Waals surface area contributed by atoms with Crippen molar-refractivity contribution in [1.82, 2.24) is 30.0 Å². The van der Waals surface area contributed by atoms with Gasteiger partial charge in [0, 0.05) is 12.2 Å². The van der Waals surface area contributed by atoms with E-state index in [4.69, 9.17) is 16.6 Å². The van der Waals surface area contributed by atoms with Crippen LogP contribution in [0.4, 0.5) is 0 Å². The van der Waals surface area contributed by atoms with Crippen LogP contribution in [0.5, 0.6) is 0 Å². The van der Waals surface area contributed by atoms with Gasteiger partial charge in [0.1, 0.15) is 18.5 Å². The van der Waals surface area contributed by atoms with Crippen LogP contribution >= 0.6 is 11.6 Å². The Morgan fingerprint density at radius 2 is 1.83 bits per heavy atom. The van der Waals surface area contributed by atoms with Gasteiger partial charge in [0.2, 0.25) is 0 Å². The topological polar surface area (TPSA) is 106 Å². The number of aromatic amines is 1. The number of carbonyl (C=O) groups is 1. The molecule has 0 spiro atoms. The zero-order valence-electron chi connectivity index (χ0n) is 18.8. The van der Waals surface area contributed by atoms with Gasteiger partial charge in [-0.05, 0) is 42.8 Å². The van der Waals surface area contributed by atoms with Crippen molar-refractivity contribution in [1.29, 1.82) is 0 Å². The molecule has 0 fully saturated rings. The van der Waals surface area contributed by atoms with E-state index >= 15 is 0 Å². The normalized spacial score (nSPS) is 11.9. The molecule has 0 radical (unpaired) electrons. The third kappa shape index (κ3) is 4.69. The minimum Gasteiger partial charge on any atom is -0.351 e. The van der Waals surface area contributed by atoms with Gasteiger partial charge in [-0.1, -0.05) is 53.6 Å². The molecule has 0 aliphatic heterocycles. The predicted molar refractivity (Wildman–Crippen MR) is 134 cm³/mol. The van der Waals surface area contributed by atoms with Crippen molar-refractivity contribution in [3.63, 3.8) is 0 Å². The largest absolute Gasteiger partial charge is 0.351 e. The fraction of sp³-hybridized carbons (Fsp3) is 0.115. The van der Waals surface area contributed by atoms with Crippen LogP contribution in [-0.4, -0.2) is 37.2 Å². The summed E-state index contributed by atoms with van der Waals surface area (Å²) in [7, 11) is 0. The van der Waals surface area contributed by atoms with E-state index in [1.165, 1.54) is 0 Å². The Morgan fingerprint density at radius 1 is 1.06 bits per heavy atom. The molecule has 2 N–H and O–H groups in total. The first-order valence-electron chi connectivity index (χ1n) is 11.0. The highest BCUT2D eigenvalue weighted by Gasteiger charge is 2.20. The average Bonchev–Trinajstić information content (AvgIpc) is 3.40. The second-order valence-corrected chi connectivity index (χ2v) is 8.59. The molecule has 2 heterocycles. The first-order valence-corrected chi connectivity index (χ1v) is 11.4. The molecule has 1 amide bonds. The summed E-state index contributed by atoms with van der Waals surface area (Å²) in [4.78, 5) is 33.5. The third-order valence-electron chi connectivity index (χ3n) is 5.79. The first-order chi connectivity index (χ1) is 17.0. The Labute approximate surface area is 205 Å². The van der Waals surface area contributed by atoms with Crippen LogP contribution in [0, 0.1) is 6.92 Å². The minimum absolute atomic E-state index is 0.214. The van der Waals surface area contributed by atoms with Crippen molar-refractivity contribution < 1.29 is 4.79 Å². The number of fused-ring (bicyclic) bond motifs is 1. The highest BCUT2D eigenvalue weighted by atomic mass is 35.5. The zero-order chi connectivity index (χ0) is 24.4. The summed E-state index contributed by atoms with van der Waals surface area (Å²) in [5.41, 5.74) is 3.37. The van der Waals surface area contributed by atoms with Crippen LogP contribution in [-0.2, 0) is 0 Å². The van der Waals surface area contributed by atoms with Gasteiger partial charge in [-0.25, -0.2) is 4.98 Å². The fourth-order valence-corrected chi connectivity index (χ4v) is 4.23. The predicted octanol–water partition coefficient (Wildman–Crippen LogP) is 4.03. The summed E-state index contributed by atoms with van der Waals surface area (Å²) in [6.07, 6.45) is 3.10. The number of hydrogen-bond donors (Lipinski definition) is 2. The van der Waals surface area contributed by atoms with E-state index in [2.05, 4.69) is 20.5 Å². The Hall–Kier alpha value is -4.30. The molecular weight excluding hydrogens is 464 g/mol. The Balaban J connectivity index is 1.44. The number of rotatable bonds is 6. The maximum absolute atomic E-state index is 13.0. The Kier molecular flexibility index (Phi) is 6.12. The lowest BCUT2D eigenvalue weighted by Crippen LogP contribution is -2.30. The lowest BCUT2D eigenvalue weighted by molar-refractivity contribution is 0.0952. The van der Waals surface area contributed by atoms with Crippen molar-refractivity contribution >= 4 is 28.4 Å².